The summed E-state index contributed by atoms with van der Waals surface area (Å²) in [7, 11) is 1.55. The fourth-order valence-electron chi connectivity index (χ4n) is 7.79. The highest BCUT2D eigenvalue weighted by atomic mass is 32.1. The first-order chi connectivity index (χ1) is 26.5. The number of thiazole rings is 1. The van der Waals surface area contributed by atoms with Gasteiger partial charge in [-0.2, -0.15) is 0 Å². The second-order valence-corrected chi connectivity index (χ2v) is 15.6. The van der Waals surface area contributed by atoms with Crippen molar-refractivity contribution in [2.24, 2.45) is 5.92 Å². The Hall–Kier alpha value is -5.25. The SMILES string of the molecule is COc1ccc2c(O[C@@H]3C[C@H]4C(=O)N[C@]5(C(=O)O)CC5/C=C\CCCCC[C@H](NC(=O)OC5CCCC5)C(=O)N4C3)cc(-c3csc(NC(C)=O)n3)nc2c1. The Morgan fingerprint density at radius 1 is 1.02 bits per heavy atom. The van der Waals surface area contributed by atoms with Crippen LogP contribution in [0.25, 0.3) is 22.3 Å². The number of carboxylic acids is 1. The predicted octanol–water partition coefficient (Wildman–Crippen LogP) is 5.19. The highest BCUT2D eigenvalue weighted by Crippen LogP contribution is 2.45. The van der Waals surface area contributed by atoms with E-state index >= 15 is 0 Å². The average molecular weight is 775 g/mol. The number of carboxylic acid groups (broad SMARTS) is 1. The summed E-state index contributed by atoms with van der Waals surface area (Å²) < 4.78 is 17.8. The van der Waals surface area contributed by atoms with Gasteiger partial charge >= 0.3 is 12.1 Å². The summed E-state index contributed by atoms with van der Waals surface area (Å²) in [6.45, 7) is 1.39. The van der Waals surface area contributed by atoms with Crippen LogP contribution in [0.1, 0.15) is 77.6 Å². The normalized spacial score (nSPS) is 26.5. The third-order valence-electron chi connectivity index (χ3n) is 10.8. The Bertz CT molecular complexity index is 2000. The molecule has 7 rings (SSSR count). The van der Waals surface area contributed by atoms with Crippen LogP contribution in [0.5, 0.6) is 11.5 Å². The number of carbonyl (C=O) groups excluding carboxylic acids is 4. The number of rotatable bonds is 8. The van der Waals surface area contributed by atoms with E-state index in [1.54, 1.807) is 30.7 Å². The first-order valence-electron chi connectivity index (χ1n) is 18.9. The zero-order valence-corrected chi connectivity index (χ0v) is 31.7. The fraction of sp³-hybridized carbons (Fsp3) is 0.513. The number of methoxy groups -OCH3 is 1. The topological polar surface area (TPSA) is 198 Å². The van der Waals surface area contributed by atoms with Gasteiger partial charge in [0.1, 0.15) is 47.0 Å². The monoisotopic (exact) mass is 774 g/mol. The lowest BCUT2D eigenvalue weighted by Crippen LogP contribution is -2.56. The largest absolute Gasteiger partial charge is 0.497 e. The van der Waals surface area contributed by atoms with E-state index in [0.717, 1.165) is 44.9 Å². The minimum Gasteiger partial charge on any atom is -0.497 e. The van der Waals surface area contributed by atoms with E-state index in [0.29, 0.717) is 51.8 Å². The van der Waals surface area contributed by atoms with E-state index in [4.69, 9.17) is 19.2 Å². The number of carbonyl (C=O) groups is 5. The van der Waals surface area contributed by atoms with E-state index in [2.05, 4.69) is 20.9 Å². The molecule has 16 heteroatoms. The van der Waals surface area contributed by atoms with Gasteiger partial charge in [0.25, 0.3) is 0 Å². The summed E-state index contributed by atoms with van der Waals surface area (Å²) in [5, 5.41) is 21.4. The fourth-order valence-corrected chi connectivity index (χ4v) is 8.54. The number of allylic oxidation sites excluding steroid dienone is 1. The predicted molar refractivity (Wildman–Crippen MR) is 203 cm³/mol. The van der Waals surface area contributed by atoms with Crippen molar-refractivity contribution in [2.45, 2.75) is 107 Å². The Labute approximate surface area is 322 Å². The number of alkyl carbamates (subject to hydrolysis) is 1. The lowest BCUT2D eigenvalue weighted by molar-refractivity contribution is -0.145. The molecular formula is C39H46N6O9S. The summed E-state index contributed by atoms with van der Waals surface area (Å²) in [6.07, 6.45) is 9.41. The second-order valence-electron chi connectivity index (χ2n) is 14.7. The molecule has 0 radical (unpaired) electrons. The molecule has 4 N–H and O–H groups in total. The molecule has 4 amide bonds. The van der Waals surface area contributed by atoms with Gasteiger partial charge in [-0.15, -0.1) is 11.3 Å². The second kappa shape index (κ2) is 16.2. The molecule has 1 saturated heterocycles. The Morgan fingerprint density at radius 2 is 1.82 bits per heavy atom. The molecule has 2 aliphatic carbocycles. The van der Waals surface area contributed by atoms with E-state index < -0.39 is 47.6 Å². The number of ether oxygens (including phenoxy) is 3. The van der Waals surface area contributed by atoms with Gasteiger partial charge in [-0.1, -0.05) is 25.0 Å². The van der Waals surface area contributed by atoms with Crippen molar-refractivity contribution in [1.29, 1.82) is 0 Å². The van der Waals surface area contributed by atoms with Crippen molar-refractivity contribution in [3.63, 3.8) is 0 Å². The molecule has 2 aliphatic heterocycles. The van der Waals surface area contributed by atoms with Crippen LogP contribution in [-0.4, -0.2) is 93.2 Å². The quantitative estimate of drug-likeness (QED) is 0.220. The number of amides is 4. The number of anilines is 1. The van der Waals surface area contributed by atoms with Crippen LogP contribution < -0.4 is 25.4 Å². The number of hydrogen-bond acceptors (Lipinski definition) is 11. The molecule has 3 aromatic rings. The third-order valence-corrected chi connectivity index (χ3v) is 11.6. The number of nitrogens with one attached hydrogen (secondary N) is 3. The minimum absolute atomic E-state index is 0.00510. The molecule has 1 aromatic carbocycles. The molecule has 1 unspecified atom stereocenters. The van der Waals surface area contributed by atoms with E-state index in [1.807, 2.05) is 18.2 Å². The number of aromatic nitrogens is 2. The van der Waals surface area contributed by atoms with Crippen LogP contribution in [-0.2, 0) is 23.9 Å². The molecule has 55 heavy (non-hydrogen) atoms. The van der Waals surface area contributed by atoms with Gasteiger partial charge < -0.3 is 40.2 Å². The summed E-state index contributed by atoms with van der Waals surface area (Å²) >= 11 is 1.25. The molecule has 2 saturated carbocycles. The molecule has 5 atom stereocenters. The van der Waals surface area contributed by atoms with Crippen LogP contribution in [0.3, 0.4) is 0 Å². The number of aliphatic carboxylic acids is 1. The van der Waals surface area contributed by atoms with Crippen molar-refractivity contribution in [3.8, 4) is 22.9 Å². The molecule has 2 aromatic heterocycles. The molecular weight excluding hydrogens is 729 g/mol. The number of nitrogens with zero attached hydrogens (tertiary/aromatic N) is 3. The minimum atomic E-state index is -1.47. The molecule has 15 nitrogen and oxygen atoms in total. The molecule has 0 bridgehead atoms. The van der Waals surface area contributed by atoms with E-state index in [-0.39, 0.29) is 37.3 Å². The number of hydrogen-bond donors (Lipinski definition) is 4. The van der Waals surface area contributed by atoms with Gasteiger partial charge in [0.05, 0.1) is 24.9 Å². The first kappa shape index (κ1) is 38.0. The van der Waals surface area contributed by atoms with Crippen LogP contribution in [0.2, 0.25) is 0 Å². The standard InChI is InChI=1S/C39H46N6O9S/c1-22(46)40-37-42-31(21-55-37)30-18-33(27-15-14-25(52-2)16-29(27)41-30)53-26-17-32-34(47)44-39(36(49)50)19-23(39)10-6-4-3-5-7-13-28(35(48)45(32)20-26)43-38(51)54-24-11-8-9-12-24/h6,10,14-16,18,21,23-24,26,28,32H,3-5,7-9,11-13,17,19-20H2,1-2H3,(H,43,51)(H,44,47)(H,49,50)(H,40,42,46)/b10-6-/t23?,26-,28+,32+,39-/m1/s1. The summed E-state index contributed by atoms with van der Waals surface area (Å²) in [6, 6.07) is 5.03. The van der Waals surface area contributed by atoms with Crippen molar-refractivity contribution < 1.29 is 43.3 Å². The van der Waals surface area contributed by atoms with Gasteiger partial charge in [0, 0.05) is 42.2 Å². The lowest BCUT2D eigenvalue weighted by Gasteiger charge is -2.29. The summed E-state index contributed by atoms with van der Waals surface area (Å²) in [4.78, 5) is 76.8. The number of benzene rings is 1. The van der Waals surface area contributed by atoms with E-state index in [9.17, 15) is 29.1 Å². The Balaban J connectivity index is 1.20. The highest BCUT2D eigenvalue weighted by Gasteiger charge is 2.61. The van der Waals surface area contributed by atoms with Gasteiger partial charge in [-0.25, -0.2) is 19.6 Å². The molecule has 0 spiro atoms. The molecule has 4 heterocycles. The van der Waals surface area contributed by atoms with Gasteiger partial charge in [-0.3, -0.25) is 14.4 Å². The number of fused-ring (bicyclic) bond motifs is 3. The average Bonchev–Trinajstić information content (AvgIpc) is 3.58. The van der Waals surface area contributed by atoms with Crippen LogP contribution in [0, 0.1) is 5.92 Å². The first-order valence-corrected chi connectivity index (χ1v) is 19.8. The van der Waals surface area contributed by atoms with Crippen LogP contribution in [0.4, 0.5) is 9.93 Å². The molecule has 292 valence electrons. The third kappa shape index (κ3) is 8.53. The van der Waals surface area contributed by atoms with Gasteiger partial charge in [0.2, 0.25) is 17.7 Å². The maximum atomic E-state index is 14.5. The molecule has 4 aliphatic rings. The summed E-state index contributed by atoms with van der Waals surface area (Å²) in [5.41, 5.74) is 0.0426. The zero-order valence-electron chi connectivity index (χ0n) is 30.9. The maximum Gasteiger partial charge on any atom is 0.408 e. The van der Waals surface area contributed by atoms with Gasteiger partial charge in [0.15, 0.2) is 5.13 Å². The lowest BCUT2D eigenvalue weighted by atomic mass is 10.0. The van der Waals surface area contributed by atoms with Crippen molar-refractivity contribution >= 4 is 57.2 Å². The highest BCUT2D eigenvalue weighted by molar-refractivity contribution is 7.14. The van der Waals surface area contributed by atoms with E-state index in [1.165, 1.54) is 23.2 Å². The van der Waals surface area contributed by atoms with Crippen LogP contribution in [0.15, 0.2) is 41.8 Å². The molecule has 3 fully saturated rings. The maximum absolute atomic E-state index is 14.5. The van der Waals surface area contributed by atoms with Crippen molar-refractivity contribution in [2.75, 3.05) is 19.0 Å². The Kier molecular flexibility index (Phi) is 11.2. The van der Waals surface area contributed by atoms with Crippen LogP contribution >= 0.6 is 11.3 Å². The van der Waals surface area contributed by atoms with Gasteiger partial charge in [-0.05, 0) is 63.5 Å². The zero-order chi connectivity index (χ0) is 38.7. The Morgan fingerprint density at radius 3 is 2.58 bits per heavy atom. The van der Waals surface area contributed by atoms with Crippen molar-refractivity contribution in [3.05, 3.63) is 41.8 Å². The van der Waals surface area contributed by atoms with Crippen molar-refractivity contribution in [1.82, 2.24) is 25.5 Å². The number of pyridine rings is 1. The smallest absolute Gasteiger partial charge is 0.408 e. The summed E-state index contributed by atoms with van der Waals surface area (Å²) in [5.74, 6) is -1.83.